The largest absolute Gasteiger partial charge is 0.353 e. The van der Waals surface area contributed by atoms with Crippen LogP contribution in [0.5, 0.6) is 0 Å². The minimum Gasteiger partial charge on any atom is -0.353 e. The molecule has 0 aliphatic carbocycles. The van der Waals surface area contributed by atoms with Gasteiger partial charge in [0.1, 0.15) is 17.5 Å². The SMILES string of the molecule is Cc1nc(N2CCN(C(=O)Cc3c(F)cccc3Cl)CC2)cc(-n2cccn2)n1. The van der Waals surface area contributed by atoms with E-state index >= 15 is 0 Å². The molecule has 0 atom stereocenters. The van der Waals surface area contributed by atoms with Gasteiger partial charge >= 0.3 is 0 Å². The van der Waals surface area contributed by atoms with Gasteiger partial charge in [-0.15, -0.1) is 0 Å². The summed E-state index contributed by atoms with van der Waals surface area (Å²) in [5, 5.41) is 4.49. The topological polar surface area (TPSA) is 67.2 Å². The lowest BCUT2D eigenvalue weighted by Gasteiger charge is -2.35. The Labute approximate surface area is 172 Å². The molecule has 1 saturated heterocycles. The third kappa shape index (κ3) is 4.22. The highest BCUT2D eigenvalue weighted by molar-refractivity contribution is 6.31. The predicted molar refractivity (Wildman–Crippen MR) is 108 cm³/mol. The summed E-state index contributed by atoms with van der Waals surface area (Å²) in [6.07, 6.45) is 3.49. The van der Waals surface area contributed by atoms with Crippen LogP contribution in [0.2, 0.25) is 5.02 Å². The van der Waals surface area contributed by atoms with Gasteiger partial charge in [0.25, 0.3) is 0 Å². The molecule has 150 valence electrons. The molecule has 0 saturated carbocycles. The van der Waals surface area contributed by atoms with E-state index in [1.54, 1.807) is 21.8 Å². The molecule has 3 aromatic rings. The number of rotatable bonds is 4. The van der Waals surface area contributed by atoms with Crippen molar-refractivity contribution in [3.8, 4) is 5.82 Å². The highest BCUT2D eigenvalue weighted by Crippen LogP contribution is 2.21. The van der Waals surface area contributed by atoms with Gasteiger partial charge in [-0.3, -0.25) is 4.79 Å². The van der Waals surface area contributed by atoms with Crippen LogP contribution in [0.3, 0.4) is 0 Å². The molecule has 9 heteroatoms. The Balaban J connectivity index is 1.43. The molecule has 0 N–H and O–H groups in total. The Kier molecular flexibility index (Phi) is 5.44. The lowest BCUT2D eigenvalue weighted by Crippen LogP contribution is -2.49. The molecule has 1 fully saturated rings. The molecule has 4 rings (SSSR count). The van der Waals surface area contributed by atoms with Crippen molar-refractivity contribution in [1.29, 1.82) is 0 Å². The van der Waals surface area contributed by atoms with E-state index in [1.165, 1.54) is 12.1 Å². The highest BCUT2D eigenvalue weighted by Gasteiger charge is 2.24. The van der Waals surface area contributed by atoms with Gasteiger partial charge in [-0.1, -0.05) is 17.7 Å². The standard InChI is InChI=1S/C20H20ClFN6O/c1-14-24-18(13-19(25-14)28-7-3-6-23-28)26-8-10-27(11-9-26)20(29)12-15-16(21)4-2-5-17(15)22/h2-7,13H,8-12H2,1H3. The van der Waals surface area contributed by atoms with Crippen molar-refractivity contribution in [3.05, 3.63) is 65.0 Å². The monoisotopic (exact) mass is 414 g/mol. The summed E-state index contributed by atoms with van der Waals surface area (Å²) in [7, 11) is 0. The Morgan fingerprint density at radius 1 is 1.14 bits per heavy atom. The summed E-state index contributed by atoms with van der Waals surface area (Å²) in [5.74, 6) is 1.57. The first kappa shape index (κ1) is 19.3. The first-order chi connectivity index (χ1) is 14.0. The van der Waals surface area contributed by atoms with Gasteiger partial charge in [-0.2, -0.15) is 5.10 Å². The molecule has 2 aromatic heterocycles. The van der Waals surface area contributed by atoms with Crippen molar-refractivity contribution in [3.63, 3.8) is 0 Å². The summed E-state index contributed by atoms with van der Waals surface area (Å²) < 4.78 is 15.7. The number of carbonyl (C=O) groups excluding carboxylic acids is 1. The fourth-order valence-electron chi connectivity index (χ4n) is 3.37. The van der Waals surface area contributed by atoms with Gasteiger partial charge in [0.15, 0.2) is 5.82 Å². The van der Waals surface area contributed by atoms with E-state index in [2.05, 4.69) is 20.0 Å². The molecule has 3 heterocycles. The second kappa shape index (κ2) is 8.16. The van der Waals surface area contributed by atoms with E-state index in [9.17, 15) is 9.18 Å². The third-order valence-corrected chi connectivity index (χ3v) is 5.25. The Morgan fingerprint density at radius 2 is 1.90 bits per heavy atom. The number of carbonyl (C=O) groups is 1. The summed E-state index contributed by atoms with van der Waals surface area (Å²) in [6, 6.07) is 8.17. The van der Waals surface area contributed by atoms with E-state index < -0.39 is 5.82 Å². The van der Waals surface area contributed by atoms with Crippen LogP contribution in [0.1, 0.15) is 11.4 Å². The van der Waals surface area contributed by atoms with Crippen molar-refractivity contribution in [2.45, 2.75) is 13.3 Å². The number of nitrogens with zero attached hydrogens (tertiary/aromatic N) is 6. The highest BCUT2D eigenvalue weighted by atomic mass is 35.5. The third-order valence-electron chi connectivity index (χ3n) is 4.90. The minimum atomic E-state index is -0.452. The molecule has 1 aliphatic heterocycles. The molecule has 7 nitrogen and oxygen atoms in total. The van der Waals surface area contributed by atoms with Gasteiger partial charge in [0, 0.05) is 55.2 Å². The maximum Gasteiger partial charge on any atom is 0.227 e. The van der Waals surface area contributed by atoms with Crippen LogP contribution in [0.4, 0.5) is 10.2 Å². The second-order valence-corrected chi connectivity index (χ2v) is 7.23. The minimum absolute atomic E-state index is 0.0401. The van der Waals surface area contributed by atoms with Crippen LogP contribution in [-0.4, -0.2) is 56.7 Å². The molecule has 1 aromatic carbocycles. The number of benzene rings is 1. The number of halogens is 2. The Bertz CT molecular complexity index is 998. The van der Waals surface area contributed by atoms with Crippen molar-refractivity contribution in [2.24, 2.45) is 0 Å². The van der Waals surface area contributed by atoms with Crippen LogP contribution in [-0.2, 0) is 11.2 Å². The maximum absolute atomic E-state index is 14.0. The number of hydrogen-bond donors (Lipinski definition) is 0. The Hall–Kier alpha value is -3.00. The van der Waals surface area contributed by atoms with Gasteiger partial charge in [0.2, 0.25) is 5.91 Å². The van der Waals surface area contributed by atoms with E-state index in [0.29, 0.717) is 37.8 Å². The number of anilines is 1. The zero-order valence-corrected chi connectivity index (χ0v) is 16.7. The second-order valence-electron chi connectivity index (χ2n) is 6.83. The molecule has 1 amide bonds. The molecule has 0 spiro atoms. The summed E-state index contributed by atoms with van der Waals surface area (Å²) in [5.41, 5.74) is 0.247. The predicted octanol–water partition coefficient (Wildman–Crippen LogP) is 2.65. The lowest BCUT2D eigenvalue weighted by molar-refractivity contribution is -0.130. The average molecular weight is 415 g/mol. The van der Waals surface area contributed by atoms with Gasteiger partial charge in [-0.25, -0.2) is 19.0 Å². The van der Waals surface area contributed by atoms with Gasteiger partial charge < -0.3 is 9.80 Å². The smallest absolute Gasteiger partial charge is 0.227 e. The fraction of sp³-hybridized carbons (Fsp3) is 0.300. The molecular formula is C20H20ClFN6O. The van der Waals surface area contributed by atoms with Crippen molar-refractivity contribution in [1.82, 2.24) is 24.6 Å². The summed E-state index contributed by atoms with van der Waals surface area (Å²) in [6.45, 7) is 4.17. The van der Waals surface area contributed by atoms with Crippen molar-refractivity contribution < 1.29 is 9.18 Å². The zero-order chi connectivity index (χ0) is 20.4. The van der Waals surface area contributed by atoms with E-state index in [0.717, 1.165) is 5.82 Å². The normalized spacial score (nSPS) is 14.3. The molecular weight excluding hydrogens is 395 g/mol. The quantitative estimate of drug-likeness (QED) is 0.656. The number of amides is 1. The number of piperazine rings is 1. The zero-order valence-electron chi connectivity index (χ0n) is 15.9. The van der Waals surface area contributed by atoms with Gasteiger partial charge in [-0.05, 0) is 25.1 Å². The van der Waals surface area contributed by atoms with Crippen molar-refractivity contribution in [2.75, 3.05) is 31.1 Å². The lowest BCUT2D eigenvalue weighted by atomic mass is 10.1. The molecule has 0 bridgehead atoms. The fourth-order valence-corrected chi connectivity index (χ4v) is 3.60. The van der Waals surface area contributed by atoms with E-state index in [1.807, 2.05) is 25.3 Å². The Morgan fingerprint density at radius 3 is 2.59 bits per heavy atom. The van der Waals surface area contributed by atoms with Gasteiger partial charge in [0.05, 0.1) is 6.42 Å². The van der Waals surface area contributed by atoms with Crippen LogP contribution < -0.4 is 4.90 Å². The van der Waals surface area contributed by atoms with Crippen LogP contribution in [0.15, 0.2) is 42.7 Å². The van der Waals surface area contributed by atoms with Crippen LogP contribution in [0, 0.1) is 12.7 Å². The average Bonchev–Trinajstić information content (AvgIpc) is 3.25. The molecule has 0 radical (unpaired) electrons. The first-order valence-corrected chi connectivity index (χ1v) is 9.70. The summed E-state index contributed by atoms with van der Waals surface area (Å²) >= 11 is 6.05. The summed E-state index contributed by atoms with van der Waals surface area (Å²) in [4.78, 5) is 25.4. The first-order valence-electron chi connectivity index (χ1n) is 9.32. The molecule has 0 unspecified atom stereocenters. The van der Waals surface area contributed by atoms with Crippen molar-refractivity contribution >= 4 is 23.3 Å². The number of aryl methyl sites for hydroxylation is 1. The van der Waals surface area contributed by atoms with E-state index in [4.69, 9.17) is 11.6 Å². The number of hydrogen-bond acceptors (Lipinski definition) is 5. The molecule has 29 heavy (non-hydrogen) atoms. The van der Waals surface area contributed by atoms with E-state index in [-0.39, 0.29) is 22.9 Å². The number of aromatic nitrogens is 4. The van der Waals surface area contributed by atoms with Crippen LogP contribution in [0.25, 0.3) is 5.82 Å². The molecule has 1 aliphatic rings. The maximum atomic E-state index is 14.0. The van der Waals surface area contributed by atoms with Crippen LogP contribution >= 0.6 is 11.6 Å².